The first-order chi connectivity index (χ1) is 7.95. The molecule has 1 aromatic rings. The lowest BCUT2D eigenvalue weighted by Crippen LogP contribution is -2.33. The SMILES string of the molecule is Cc1cc(Cl)c(CN(CCO)C(C)C)c(Cl)n1. The molecule has 0 unspecified atom stereocenters. The van der Waals surface area contributed by atoms with Gasteiger partial charge in [-0.1, -0.05) is 23.2 Å². The summed E-state index contributed by atoms with van der Waals surface area (Å²) >= 11 is 12.3. The number of nitrogens with zero attached hydrogens (tertiary/aromatic N) is 2. The molecule has 0 saturated heterocycles. The van der Waals surface area contributed by atoms with E-state index in [0.717, 1.165) is 11.3 Å². The van der Waals surface area contributed by atoms with Crippen molar-refractivity contribution in [1.82, 2.24) is 9.88 Å². The van der Waals surface area contributed by atoms with Gasteiger partial charge in [-0.15, -0.1) is 0 Å². The van der Waals surface area contributed by atoms with Crippen molar-refractivity contribution in [3.63, 3.8) is 0 Å². The molecule has 0 aliphatic heterocycles. The van der Waals surface area contributed by atoms with Gasteiger partial charge in [0.05, 0.1) is 6.61 Å². The Morgan fingerprint density at radius 2 is 2.06 bits per heavy atom. The lowest BCUT2D eigenvalue weighted by molar-refractivity contribution is 0.159. The molecule has 0 fully saturated rings. The Morgan fingerprint density at radius 1 is 1.41 bits per heavy atom. The van der Waals surface area contributed by atoms with E-state index in [2.05, 4.69) is 23.7 Å². The third kappa shape index (κ3) is 4.11. The molecular formula is C12H18Cl2N2O. The molecule has 5 heteroatoms. The maximum absolute atomic E-state index is 9.02. The molecule has 0 atom stereocenters. The highest BCUT2D eigenvalue weighted by Gasteiger charge is 2.15. The molecular weight excluding hydrogens is 259 g/mol. The number of aliphatic hydroxyl groups is 1. The first-order valence-corrected chi connectivity index (χ1v) is 6.37. The van der Waals surface area contributed by atoms with Crippen LogP contribution in [0.5, 0.6) is 0 Å². The number of aryl methyl sites for hydroxylation is 1. The molecule has 1 heterocycles. The summed E-state index contributed by atoms with van der Waals surface area (Å²) < 4.78 is 0. The minimum atomic E-state index is 0.118. The zero-order valence-electron chi connectivity index (χ0n) is 10.4. The summed E-state index contributed by atoms with van der Waals surface area (Å²) in [5, 5.41) is 10.1. The van der Waals surface area contributed by atoms with Crippen LogP contribution in [0.1, 0.15) is 25.1 Å². The van der Waals surface area contributed by atoms with Gasteiger partial charge in [-0.2, -0.15) is 0 Å². The lowest BCUT2D eigenvalue weighted by atomic mass is 10.2. The number of rotatable bonds is 5. The molecule has 0 amide bonds. The maximum atomic E-state index is 9.02. The number of aromatic nitrogens is 1. The van der Waals surface area contributed by atoms with Crippen LogP contribution in [0, 0.1) is 6.92 Å². The van der Waals surface area contributed by atoms with E-state index in [1.54, 1.807) is 6.07 Å². The fraction of sp³-hybridized carbons (Fsp3) is 0.583. The van der Waals surface area contributed by atoms with E-state index in [1.165, 1.54) is 0 Å². The summed E-state index contributed by atoms with van der Waals surface area (Å²) in [5.41, 5.74) is 1.63. The zero-order valence-corrected chi connectivity index (χ0v) is 11.9. The first-order valence-electron chi connectivity index (χ1n) is 5.62. The van der Waals surface area contributed by atoms with E-state index in [-0.39, 0.29) is 6.61 Å². The Kier molecular flexibility index (Phi) is 5.67. The van der Waals surface area contributed by atoms with Crippen molar-refractivity contribution >= 4 is 23.2 Å². The number of halogens is 2. The normalized spacial score (nSPS) is 11.5. The summed E-state index contributed by atoms with van der Waals surface area (Å²) in [6.07, 6.45) is 0. The third-order valence-corrected chi connectivity index (χ3v) is 3.28. The molecule has 0 aliphatic rings. The van der Waals surface area contributed by atoms with Crippen molar-refractivity contribution < 1.29 is 5.11 Å². The van der Waals surface area contributed by atoms with Crippen LogP contribution in [0.15, 0.2) is 6.07 Å². The van der Waals surface area contributed by atoms with Gasteiger partial charge in [0.1, 0.15) is 5.15 Å². The van der Waals surface area contributed by atoms with Crippen molar-refractivity contribution in [2.24, 2.45) is 0 Å². The van der Waals surface area contributed by atoms with Crippen LogP contribution in [0.25, 0.3) is 0 Å². The highest BCUT2D eigenvalue weighted by molar-refractivity contribution is 6.35. The van der Waals surface area contributed by atoms with Gasteiger partial charge in [0, 0.05) is 35.4 Å². The molecule has 1 N–H and O–H groups in total. The number of aliphatic hydroxyl groups excluding tert-OH is 1. The van der Waals surface area contributed by atoms with Gasteiger partial charge < -0.3 is 5.11 Å². The van der Waals surface area contributed by atoms with Crippen molar-refractivity contribution in [2.75, 3.05) is 13.2 Å². The van der Waals surface area contributed by atoms with Gasteiger partial charge in [-0.25, -0.2) is 4.98 Å². The summed E-state index contributed by atoms with van der Waals surface area (Å²) in [6.45, 7) is 7.31. The molecule has 0 saturated carbocycles. The van der Waals surface area contributed by atoms with Crippen molar-refractivity contribution in [1.29, 1.82) is 0 Å². The Labute approximate surface area is 112 Å². The van der Waals surface area contributed by atoms with Crippen LogP contribution < -0.4 is 0 Å². The summed E-state index contributed by atoms with van der Waals surface area (Å²) in [7, 11) is 0. The Hall–Kier alpha value is -0.350. The van der Waals surface area contributed by atoms with Gasteiger partial charge >= 0.3 is 0 Å². The molecule has 0 radical (unpaired) electrons. The predicted molar refractivity (Wildman–Crippen MR) is 71.6 cm³/mol. The van der Waals surface area contributed by atoms with E-state index in [9.17, 15) is 0 Å². The Morgan fingerprint density at radius 3 is 2.53 bits per heavy atom. The Balaban J connectivity index is 2.93. The van der Waals surface area contributed by atoms with Crippen LogP contribution in [0.2, 0.25) is 10.2 Å². The fourth-order valence-corrected chi connectivity index (χ4v) is 2.27. The van der Waals surface area contributed by atoms with Crippen LogP contribution in [-0.2, 0) is 6.54 Å². The average Bonchev–Trinajstić information content (AvgIpc) is 2.21. The topological polar surface area (TPSA) is 36.4 Å². The van der Waals surface area contributed by atoms with Gasteiger partial charge in [0.15, 0.2) is 0 Å². The molecule has 17 heavy (non-hydrogen) atoms. The summed E-state index contributed by atoms with van der Waals surface area (Å²) in [4.78, 5) is 6.30. The first kappa shape index (κ1) is 14.7. The monoisotopic (exact) mass is 276 g/mol. The second-order valence-corrected chi connectivity index (χ2v) is 5.07. The van der Waals surface area contributed by atoms with Crippen LogP contribution in [0.4, 0.5) is 0 Å². The van der Waals surface area contributed by atoms with Crippen LogP contribution >= 0.6 is 23.2 Å². The number of hydrogen-bond acceptors (Lipinski definition) is 3. The van der Waals surface area contributed by atoms with Gasteiger partial charge in [-0.05, 0) is 26.8 Å². The lowest BCUT2D eigenvalue weighted by Gasteiger charge is -2.26. The van der Waals surface area contributed by atoms with E-state index in [4.69, 9.17) is 28.3 Å². The van der Waals surface area contributed by atoms with Crippen molar-refractivity contribution in [3.8, 4) is 0 Å². The summed E-state index contributed by atoms with van der Waals surface area (Å²) in [6, 6.07) is 2.12. The molecule has 1 aromatic heterocycles. The number of pyridine rings is 1. The zero-order chi connectivity index (χ0) is 13.0. The minimum Gasteiger partial charge on any atom is -0.395 e. The smallest absolute Gasteiger partial charge is 0.135 e. The highest BCUT2D eigenvalue weighted by Crippen LogP contribution is 2.25. The molecule has 0 aliphatic carbocycles. The second-order valence-electron chi connectivity index (χ2n) is 4.30. The molecule has 96 valence electrons. The second kappa shape index (κ2) is 6.55. The molecule has 0 bridgehead atoms. The molecule has 1 rings (SSSR count). The van der Waals surface area contributed by atoms with E-state index in [1.807, 2.05) is 6.92 Å². The van der Waals surface area contributed by atoms with E-state index in [0.29, 0.717) is 29.3 Å². The van der Waals surface area contributed by atoms with Crippen LogP contribution in [0.3, 0.4) is 0 Å². The molecule has 0 spiro atoms. The molecule has 0 aromatic carbocycles. The van der Waals surface area contributed by atoms with E-state index < -0.39 is 0 Å². The minimum absolute atomic E-state index is 0.118. The van der Waals surface area contributed by atoms with Gasteiger partial charge in [0.25, 0.3) is 0 Å². The largest absolute Gasteiger partial charge is 0.395 e. The molecule has 3 nitrogen and oxygen atoms in total. The quantitative estimate of drug-likeness (QED) is 0.841. The summed E-state index contributed by atoms with van der Waals surface area (Å²) in [5.74, 6) is 0. The maximum Gasteiger partial charge on any atom is 0.135 e. The van der Waals surface area contributed by atoms with Crippen molar-refractivity contribution in [3.05, 3.63) is 27.5 Å². The van der Waals surface area contributed by atoms with Crippen molar-refractivity contribution in [2.45, 2.75) is 33.4 Å². The fourth-order valence-electron chi connectivity index (χ4n) is 1.62. The van der Waals surface area contributed by atoms with Gasteiger partial charge in [0.2, 0.25) is 0 Å². The predicted octanol–water partition coefficient (Wildman–Crippen LogP) is 2.90. The average molecular weight is 277 g/mol. The highest BCUT2D eigenvalue weighted by atomic mass is 35.5. The van der Waals surface area contributed by atoms with E-state index >= 15 is 0 Å². The third-order valence-electron chi connectivity index (χ3n) is 2.63. The standard InChI is InChI=1S/C12H18Cl2N2O/c1-8(2)16(4-5-17)7-10-11(13)6-9(3)15-12(10)14/h6,8,17H,4-5,7H2,1-3H3. The van der Waals surface area contributed by atoms with Gasteiger partial charge in [-0.3, -0.25) is 4.90 Å². The van der Waals surface area contributed by atoms with Crippen LogP contribution in [-0.4, -0.2) is 34.2 Å². The Bertz CT molecular complexity index is 360. The number of hydrogen-bond donors (Lipinski definition) is 1.